The van der Waals surface area contributed by atoms with E-state index in [1.54, 1.807) is 7.11 Å². The minimum absolute atomic E-state index is 0.0247. The number of methoxy groups -OCH3 is 1. The van der Waals surface area contributed by atoms with Crippen molar-refractivity contribution in [2.45, 2.75) is 25.0 Å². The van der Waals surface area contributed by atoms with E-state index in [-0.39, 0.29) is 11.9 Å². The van der Waals surface area contributed by atoms with Crippen molar-refractivity contribution in [1.29, 1.82) is 0 Å². The number of hydrogen-bond donors (Lipinski definition) is 1. The van der Waals surface area contributed by atoms with Crippen LogP contribution in [0.25, 0.3) is 0 Å². The summed E-state index contributed by atoms with van der Waals surface area (Å²) >= 11 is 0. The summed E-state index contributed by atoms with van der Waals surface area (Å²) in [5.41, 5.74) is 6.60. The molecule has 1 amide bonds. The Kier molecular flexibility index (Phi) is 4.33. The molecule has 0 radical (unpaired) electrons. The summed E-state index contributed by atoms with van der Waals surface area (Å²) in [5.74, 6) is 0.0247. The van der Waals surface area contributed by atoms with Crippen LogP contribution in [0.1, 0.15) is 24.5 Å². The van der Waals surface area contributed by atoms with E-state index in [1.807, 2.05) is 35.2 Å². The van der Waals surface area contributed by atoms with Crippen molar-refractivity contribution in [3.63, 3.8) is 0 Å². The number of amides is 1. The van der Waals surface area contributed by atoms with Crippen LogP contribution in [-0.2, 0) is 9.53 Å². The smallest absolute Gasteiger partial charge is 0.256 e. The second kappa shape index (κ2) is 5.98. The van der Waals surface area contributed by atoms with Gasteiger partial charge in [-0.25, -0.2) is 0 Å². The Bertz CT molecular complexity index is 394. The van der Waals surface area contributed by atoms with Gasteiger partial charge in [-0.3, -0.25) is 4.79 Å². The molecule has 1 saturated heterocycles. The molecule has 1 fully saturated rings. The van der Waals surface area contributed by atoms with Gasteiger partial charge in [0.25, 0.3) is 5.91 Å². The van der Waals surface area contributed by atoms with Crippen LogP contribution in [0, 0.1) is 0 Å². The molecule has 18 heavy (non-hydrogen) atoms. The average Bonchev–Trinajstić information content (AvgIpc) is 2.89. The Morgan fingerprint density at radius 3 is 2.83 bits per heavy atom. The van der Waals surface area contributed by atoms with Crippen molar-refractivity contribution < 1.29 is 9.53 Å². The van der Waals surface area contributed by atoms with Crippen LogP contribution in [0.15, 0.2) is 30.3 Å². The van der Waals surface area contributed by atoms with E-state index >= 15 is 0 Å². The summed E-state index contributed by atoms with van der Waals surface area (Å²) in [6, 6.07) is 9.76. The first-order valence-corrected chi connectivity index (χ1v) is 6.36. The number of rotatable bonds is 4. The highest BCUT2D eigenvalue weighted by atomic mass is 16.5. The number of carbonyl (C=O) groups is 1. The summed E-state index contributed by atoms with van der Waals surface area (Å²) in [4.78, 5) is 14.4. The molecule has 0 aliphatic carbocycles. The predicted octanol–water partition coefficient (Wildman–Crippen LogP) is 1.32. The third kappa shape index (κ3) is 2.54. The third-order valence-corrected chi connectivity index (χ3v) is 3.49. The van der Waals surface area contributed by atoms with Crippen molar-refractivity contribution >= 4 is 5.91 Å². The van der Waals surface area contributed by atoms with E-state index in [2.05, 4.69) is 0 Å². The Hall–Kier alpha value is -1.39. The third-order valence-electron chi connectivity index (χ3n) is 3.49. The molecule has 0 saturated carbocycles. The van der Waals surface area contributed by atoms with E-state index in [0.717, 1.165) is 24.9 Å². The summed E-state index contributed by atoms with van der Waals surface area (Å²) in [7, 11) is 1.57. The lowest BCUT2D eigenvalue weighted by Gasteiger charge is -2.27. The molecule has 2 atom stereocenters. The van der Waals surface area contributed by atoms with Gasteiger partial charge in [-0.2, -0.15) is 0 Å². The second-order valence-corrected chi connectivity index (χ2v) is 4.59. The van der Waals surface area contributed by atoms with Gasteiger partial charge in [0.2, 0.25) is 0 Å². The zero-order chi connectivity index (χ0) is 13.0. The number of likely N-dealkylation sites (tertiary alicyclic amines) is 1. The van der Waals surface area contributed by atoms with Crippen molar-refractivity contribution in [3.05, 3.63) is 35.9 Å². The molecule has 1 aromatic carbocycles. The highest BCUT2D eigenvalue weighted by Crippen LogP contribution is 2.24. The van der Waals surface area contributed by atoms with Gasteiger partial charge in [-0.1, -0.05) is 30.3 Å². The number of ether oxygens (including phenoxy) is 1. The minimum atomic E-state index is -0.515. The largest absolute Gasteiger partial charge is 0.367 e. The molecule has 1 heterocycles. The Morgan fingerprint density at radius 2 is 2.22 bits per heavy atom. The van der Waals surface area contributed by atoms with Gasteiger partial charge in [-0.05, 0) is 18.4 Å². The maximum absolute atomic E-state index is 12.5. The van der Waals surface area contributed by atoms with Gasteiger partial charge < -0.3 is 15.4 Å². The number of carbonyl (C=O) groups excluding carboxylic acids is 1. The van der Waals surface area contributed by atoms with Gasteiger partial charge in [0, 0.05) is 26.2 Å². The van der Waals surface area contributed by atoms with Crippen molar-refractivity contribution in [1.82, 2.24) is 4.90 Å². The second-order valence-electron chi connectivity index (χ2n) is 4.59. The van der Waals surface area contributed by atoms with E-state index in [1.165, 1.54) is 0 Å². The fraction of sp³-hybridized carbons (Fsp3) is 0.500. The van der Waals surface area contributed by atoms with Crippen molar-refractivity contribution in [2.75, 3.05) is 20.2 Å². The van der Waals surface area contributed by atoms with Crippen LogP contribution in [0.5, 0.6) is 0 Å². The normalized spacial score (nSPS) is 21.0. The maximum Gasteiger partial charge on any atom is 0.256 e. The lowest BCUT2D eigenvalue weighted by molar-refractivity contribution is -0.143. The van der Waals surface area contributed by atoms with Crippen LogP contribution in [0.4, 0.5) is 0 Å². The standard InChI is InChI=1S/C14H20N2O2/c1-18-13(11-6-3-2-4-7-11)14(17)16-9-5-8-12(16)10-15/h2-4,6-7,12-13H,5,8-10,15H2,1H3. The van der Waals surface area contributed by atoms with Gasteiger partial charge in [0.1, 0.15) is 0 Å². The minimum Gasteiger partial charge on any atom is -0.367 e. The fourth-order valence-electron chi connectivity index (χ4n) is 2.53. The molecular weight excluding hydrogens is 228 g/mol. The van der Waals surface area contributed by atoms with E-state index in [9.17, 15) is 4.79 Å². The maximum atomic E-state index is 12.5. The molecule has 4 nitrogen and oxygen atoms in total. The molecule has 2 N–H and O–H groups in total. The Labute approximate surface area is 108 Å². The average molecular weight is 248 g/mol. The lowest BCUT2D eigenvalue weighted by Crippen LogP contribution is -2.42. The monoisotopic (exact) mass is 248 g/mol. The highest BCUT2D eigenvalue weighted by Gasteiger charge is 2.33. The molecule has 2 unspecified atom stereocenters. The molecule has 4 heteroatoms. The van der Waals surface area contributed by atoms with Gasteiger partial charge in [0.15, 0.2) is 6.10 Å². The summed E-state index contributed by atoms with van der Waals surface area (Å²) in [5, 5.41) is 0. The number of hydrogen-bond acceptors (Lipinski definition) is 3. The molecule has 2 rings (SSSR count). The molecule has 1 aromatic rings. The zero-order valence-electron chi connectivity index (χ0n) is 10.7. The first-order valence-electron chi connectivity index (χ1n) is 6.36. The lowest BCUT2D eigenvalue weighted by atomic mass is 10.1. The molecule has 1 aliphatic heterocycles. The molecule has 0 spiro atoms. The molecule has 1 aliphatic rings. The topological polar surface area (TPSA) is 55.6 Å². The number of nitrogens with zero attached hydrogens (tertiary/aromatic N) is 1. The Morgan fingerprint density at radius 1 is 1.50 bits per heavy atom. The van der Waals surface area contributed by atoms with Crippen molar-refractivity contribution in [3.8, 4) is 0 Å². The van der Waals surface area contributed by atoms with Crippen LogP contribution < -0.4 is 5.73 Å². The first-order chi connectivity index (χ1) is 8.77. The first kappa shape index (κ1) is 13.1. The summed E-state index contributed by atoms with van der Waals surface area (Å²) in [6.07, 6.45) is 1.50. The number of benzene rings is 1. The van der Waals surface area contributed by atoms with Gasteiger partial charge in [0.05, 0.1) is 0 Å². The van der Waals surface area contributed by atoms with Gasteiger partial charge >= 0.3 is 0 Å². The van der Waals surface area contributed by atoms with Crippen molar-refractivity contribution in [2.24, 2.45) is 5.73 Å². The summed E-state index contributed by atoms with van der Waals surface area (Å²) < 4.78 is 5.37. The van der Waals surface area contributed by atoms with E-state index in [4.69, 9.17) is 10.5 Å². The quantitative estimate of drug-likeness (QED) is 0.874. The van der Waals surface area contributed by atoms with Crippen LogP contribution in [0.3, 0.4) is 0 Å². The van der Waals surface area contributed by atoms with Crippen LogP contribution >= 0.6 is 0 Å². The molecule has 98 valence electrons. The van der Waals surface area contributed by atoms with E-state index < -0.39 is 6.10 Å². The summed E-state index contributed by atoms with van der Waals surface area (Å²) in [6.45, 7) is 1.31. The van der Waals surface area contributed by atoms with E-state index in [0.29, 0.717) is 6.54 Å². The fourth-order valence-corrected chi connectivity index (χ4v) is 2.53. The number of nitrogens with two attached hydrogens (primary N) is 1. The zero-order valence-corrected chi connectivity index (χ0v) is 10.7. The SMILES string of the molecule is COC(C(=O)N1CCCC1CN)c1ccccc1. The molecule has 0 aromatic heterocycles. The predicted molar refractivity (Wildman–Crippen MR) is 70.0 cm³/mol. The van der Waals surface area contributed by atoms with Crippen LogP contribution in [0.2, 0.25) is 0 Å². The Balaban J connectivity index is 2.15. The molecule has 0 bridgehead atoms. The molecular formula is C14H20N2O2. The van der Waals surface area contributed by atoms with Crippen LogP contribution in [-0.4, -0.2) is 37.0 Å². The highest BCUT2D eigenvalue weighted by molar-refractivity contribution is 5.83. The van der Waals surface area contributed by atoms with Gasteiger partial charge in [-0.15, -0.1) is 0 Å².